The van der Waals surface area contributed by atoms with Crippen LogP contribution in [0.4, 0.5) is 11.4 Å². The van der Waals surface area contributed by atoms with E-state index in [9.17, 15) is 4.79 Å². The molecule has 150 valence electrons. The first-order chi connectivity index (χ1) is 13.2. The summed E-state index contributed by atoms with van der Waals surface area (Å²) in [6.45, 7) is 6.35. The highest BCUT2D eigenvalue weighted by molar-refractivity contribution is 5.72. The molecule has 28 heavy (non-hydrogen) atoms. The fourth-order valence-electron chi connectivity index (χ4n) is 3.61. The van der Waals surface area contributed by atoms with E-state index < -0.39 is 0 Å². The van der Waals surface area contributed by atoms with Gasteiger partial charge in [-0.25, -0.2) is 0 Å². The molecule has 0 unspecified atom stereocenters. The summed E-state index contributed by atoms with van der Waals surface area (Å²) >= 11 is 0. The molecule has 0 aromatic heterocycles. The number of benzene rings is 2. The van der Waals surface area contributed by atoms with Gasteiger partial charge in [0.05, 0.1) is 0 Å². The average Bonchev–Trinajstić information content (AvgIpc) is 2.67. The number of carbonyl (C=O) groups excluding carboxylic acids is 1. The normalized spacial score (nSPS) is 13.0. The van der Waals surface area contributed by atoms with Crippen molar-refractivity contribution in [1.82, 2.24) is 0 Å². The third-order valence-electron chi connectivity index (χ3n) is 5.33. The summed E-state index contributed by atoms with van der Waals surface area (Å²) in [5, 5.41) is 0. The van der Waals surface area contributed by atoms with Crippen molar-refractivity contribution < 1.29 is 4.79 Å². The molecule has 0 amide bonds. The number of hydrogen-bond donors (Lipinski definition) is 0. The molecule has 0 spiro atoms. The van der Waals surface area contributed by atoms with Gasteiger partial charge in [-0.1, -0.05) is 44.2 Å². The van der Waals surface area contributed by atoms with Crippen LogP contribution in [-0.4, -0.2) is 34.5 Å². The molecular weight excluding hydrogens is 344 g/mol. The van der Waals surface area contributed by atoms with E-state index in [0.717, 1.165) is 11.9 Å². The molecule has 2 aromatic rings. The van der Waals surface area contributed by atoms with Gasteiger partial charge in [0, 0.05) is 45.5 Å². The molecule has 0 fully saturated rings. The number of aldehydes is 1. The van der Waals surface area contributed by atoms with Crippen molar-refractivity contribution in [2.75, 3.05) is 38.0 Å². The van der Waals surface area contributed by atoms with E-state index >= 15 is 0 Å². The maximum absolute atomic E-state index is 11.3. The summed E-state index contributed by atoms with van der Waals surface area (Å²) in [7, 11) is 8.22. The van der Waals surface area contributed by atoms with Gasteiger partial charge in [0.15, 0.2) is 0 Å². The second-order valence-corrected chi connectivity index (χ2v) is 8.30. The van der Waals surface area contributed by atoms with Crippen molar-refractivity contribution in [3.63, 3.8) is 0 Å². The van der Waals surface area contributed by atoms with Gasteiger partial charge in [-0.05, 0) is 59.7 Å². The number of allylic oxidation sites excluding steroid dienone is 2. The summed E-state index contributed by atoms with van der Waals surface area (Å²) in [6, 6.07) is 17.6. The highest BCUT2D eigenvalue weighted by atomic mass is 16.1. The molecule has 2 aromatic carbocycles. The van der Waals surface area contributed by atoms with Crippen LogP contribution in [0.5, 0.6) is 0 Å². The highest BCUT2D eigenvalue weighted by Crippen LogP contribution is 2.38. The summed E-state index contributed by atoms with van der Waals surface area (Å²) in [5.41, 5.74) is 5.71. The Morgan fingerprint density at radius 1 is 0.786 bits per heavy atom. The van der Waals surface area contributed by atoms with Crippen LogP contribution in [0.3, 0.4) is 0 Å². The molecule has 0 aliphatic carbocycles. The Labute approximate surface area is 170 Å². The quantitative estimate of drug-likeness (QED) is 0.456. The second kappa shape index (κ2) is 9.59. The van der Waals surface area contributed by atoms with Crippen LogP contribution in [0, 0.1) is 11.8 Å². The lowest BCUT2D eigenvalue weighted by Crippen LogP contribution is -2.19. The number of anilines is 2. The Morgan fingerprint density at radius 3 is 1.46 bits per heavy atom. The van der Waals surface area contributed by atoms with Gasteiger partial charge < -0.3 is 9.80 Å². The first-order valence-electron chi connectivity index (χ1n) is 9.92. The van der Waals surface area contributed by atoms with Crippen LogP contribution in [-0.2, 0) is 4.79 Å². The molecule has 0 aliphatic heterocycles. The lowest BCUT2D eigenvalue weighted by Gasteiger charge is -2.30. The van der Waals surface area contributed by atoms with Gasteiger partial charge in [-0.2, -0.15) is 0 Å². The molecule has 0 radical (unpaired) electrons. The Morgan fingerprint density at radius 2 is 1.18 bits per heavy atom. The van der Waals surface area contributed by atoms with Crippen LogP contribution in [0.1, 0.15) is 37.8 Å². The fourth-order valence-corrected chi connectivity index (χ4v) is 3.61. The zero-order valence-corrected chi connectivity index (χ0v) is 18.3. The Kier molecular flexibility index (Phi) is 7.45. The molecule has 0 N–H and O–H groups in total. The molecular formula is C25H34N2O. The number of nitrogens with zero attached hydrogens (tertiary/aromatic N) is 2. The third-order valence-corrected chi connectivity index (χ3v) is 5.33. The number of carbonyl (C=O) groups is 1. The van der Waals surface area contributed by atoms with Gasteiger partial charge in [0.1, 0.15) is 6.29 Å². The third kappa shape index (κ3) is 5.25. The minimum Gasteiger partial charge on any atom is -0.378 e. The van der Waals surface area contributed by atoms with Crippen molar-refractivity contribution in [2.45, 2.75) is 26.7 Å². The first kappa shape index (κ1) is 21.7. The minimum atomic E-state index is 0.197. The minimum absolute atomic E-state index is 0.197. The van der Waals surface area contributed by atoms with Crippen LogP contribution < -0.4 is 9.80 Å². The highest BCUT2D eigenvalue weighted by Gasteiger charge is 2.26. The molecule has 3 nitrogen and oxygen atoms in total. The zero-order valence-electron chi connectivity index (χ0n) is 18.3. The zero-order chi connectivity index (χ0) is 20.8. The van der Waals surface area contributed by atoms with E-state index in [4.69, 9.17) is 0 Å². The summed E-state index contributed by atoms with van der Waals surface area (Å²) in [5.74, 6) is 0.838. The Hall–Kier alpha value is -2.55. The van der Waals surface area contributed by atoms with Gasteiger partial charge in [0.2, 0.25) is 0 Å². The average molecular weight is 379 g/mol. The summed E-state index contributed by atoms with van der Waals surface area (Å²) in [4.78, 5) is 15.5. The lowest BCUT2D eigenvalue weighted by atomic mass is 9.74. The van der Waals surface area contributed by atoms with Crippen molar-refractivity contribution in [3.05, 3.63) is 71.3 Å². The Bertz CT molecular complexity index is 735. The predicted octanol–water partition coefficient (Wildman–Crippen LogP) is 5.37. The maximum atomic E-state index is 11.3. The largest absolute Gasteiger partial charge is 0.378 e. The molecule has 3 heteroatoms. The van der Waals surface area contributed by atoms with Crippen molar-refractivity contribution in [3.8, 4) is 0 Å². The molecule has 0 heterocycles. The lowest BCUT2D eigenvalue weighted by molar-refractivity contribution is -0.104. The van der Waals surface area contributed by atoms with Crippen molar-refractivity contribution >= 4 is 17.7 Å². The van der Waals surface area contributed by atoms with Crippen LogP contribution in [0.2, 0.25) is 0 Å². The van der Waals surface area contributed by atoms with E-state index in [1.165, 1.54) is 22.5 Å². The summed E-state index contributed by atoms with van der Waals surface area (Å²) in [6.07, 6.45) is 3.10. The maximum Gasteiger partial charge on any atom is 0.145 e. The monoisotopic (exact) mass is 378 g/mol. The smallest absolute Gasteiger partial charge is 0.145 e. The predicted molar refractivity (Wildman–Crippen MR) is 122 cm³/mol. The molecule has 0 saturated heterocycles. The molecule has 0 bridgehead atoms. The van der Waals surface area contributed by atoms with Crippen molar-refractivity contribution in [1.29, 1.82) is 0 Å². The number of rotatable bonds is 8. The molecule has 0 saturated carbocycles. The van der Waals surface area contributed by atoms with Gasteiger partial charge in [0.25, 0.3) is 0 Å². The van der Waals surface area contributed by atoms with E-state index in [0.29, 0.717) is 5.92 Å². The van der Waals surface area contributed by atoms with Crippen LogP contribution in [0.25, 0.3) is 0 Å². The van der Waals surface area contributed by atoms with E-state index in [2.05, 4.69) is 106 Å². The van der Waals surface area contributed by atoms with Gasteiger partial charge >= 0.3 is 0 Å². The van der Waals surface area contributed by atoms with Crippen LogP contribution in [0.15, 0.2) is 60.2 Å². The van der Waals surface area contributed by atoms with Crippen molar-refractivity contribution in [2.24, 2.45) is 11.8 Å². The molecule has 2 rings (SSSR count). The molecule has 0 aliphatic rings. The van der Waals surface area contributed by atoms with E-state index in [-0.39, 0.29) is 11.8 Å². The van der Waals surface area contributed by atoms with E-state index in [1.807, 2.05) is 6.92 Å². The first-order valence-corrected chi connectivity index (χ1v) is 9.92. The Balaban J connectivity index is 2.57. The molecule has 1 atom stereocenters. The second-order valence-electron chi connectivity index (χ2n) is 8.30. The van der Waals surface area contributed by atoms with Crippen LogP contribution >= 0.6 is 0 Å². The standard InChI is InChI=1S/C25H34N2O/c1-18(2)24(16-19(3)17-28)25(20-8-12-22(13-9-20)26(4)5)21-10-14-23(15-11-21)27(6)7/h8-18,24-25H,1-7H3/b19-16+/t24-/m0/s1. The fraction of sp³-hybridized carbons (Fsp3) is 0.400. The van der Waals surface area contributed by atoms with E-state index in [1.54, 1.807) is 0 Å². The topological polar surface area (TPSA) is 23.6 Å². The van der Waals surface area contributed by atoms with Gasteiger partial charge in [-0.3, -0.25) is 4.79 Å². The SMILES string of the molecule is C/C(C=O)=C\[C@@H](C(C)C)C(c1ccc(N(C)C)cc1)c1ccc(N(C)C)cc1. The number of hydrogen-bond acceptors (Lipinski definition) is 3. The van der Waals surface area contributed by atoms with Gasteiger partial charge in [-0.15, -0.1) is 0 Å². The summed E-state index contributed by atoms with van der Waals surface area (Å²) < 4.78 is 0.